The standard InChI is InChI=1S/C24H23N/c1-17-7-5-10-19(13-17)22-15-21-9-3-4-12-23(21)25-24(16-22)20-11-6-8-18(2)14-20/h3-15,24-25H,16H2,1-2H3. The van der Waals surface area contributed by atoms with E-state index in [0.29, 0.717) is 0 Å². The zero-order valence-electron chi connectivity index (χ0n) is 14.8. The van der Waals surface area contributed by atoms with Crippen LogP contribution in [0.5, 0.6) is 0 Å². The van der Waals surface area contributed by atoms with Crippen LogP contribution in [0.1, 0.15) is 40.3 Å². The maximum atomic E-state index is 3.77. The van der Waals surface area contributed by atoms with Gasteiger partial charge >= 0.3 is 0 Å². The second kappa shape index (κ2) is 6.60. The predicted octanol–water partition coefficient (Wildman–Crippen LogP) is 6.40. The molecule has 124 valence electrons. The summed E-state index contributed by atoms with van der Waals surface area (Å²) in [6, 6.07) is 26.5. The fraction of sp³-hybridized carbons (Fsp3) is 0.167. The number of para-hydroxylation sites is 1. The number of benzene rings is 3. The molecule has 0 aliphatic carbocycles. The summed E-state index contributed by atoms with van der Waals surface area (Å²) in [5, 5.41) is 3.77. The van der Waals surface area contributed by atoms with Crippen molar-refractivity contribution in [2.75, 3.05) is 5.32 Å². The Kier molecular flexibility index (Phi) is 4.15. The van der Waals surface area contributed by atoms with Crippen molar-refractivity contribution in [2.24, 2.45) is 0 Å². The minimum absolute atomic E-state index is 0.273. The summed E-state index contributed by atoms with van der Waals surface area (Å²) >= 11 is 0. The molecule has 1 heteroatoms. The molecule has 1 heterocycles. The van der Waals surface area contributed by atoms with Crippen LogP contribution in [0, 0.1) is 13.8 Å². The number of hydrogen-bond acceptors (Lipinski definition) is 1. The zero-order chi connectivity index (χ0) is 17.2. The quantitative estimate of drug-likeness (QED) is 0.575. The minimum Gasteiger partial charge on any atom is -0.377 e. The van der Waals surface area contributed by atoms with Gasteiger partial charge in [-0.2, -0.15) is 0 Å². The third-order valence-corrected chi connectivity index (χ3v) is 4.88. The lowest BCUT2D eigenvalue weighted by atomic mass is 9.93. The van der Waals surface area contributed by atoms with Crippen molar-refractivity contribution in [3.63, 3.8) is 0 Å². The molecule has 0 saturated heterocycles. The van der Waals surface area contributed by atoms with Gasteiger partial charge in [-0.05, 0) is 54.7 Å². The Bertz CT molecular complexity index is 936. The van der Waals surface area contributed by atoms with E-state index < -0.39 is 0 Å². The Morgan fingerprint density at radius 1 is 0.800 bits per heavy atom. The van der Waals surface area contributed by atoms with Gasteiger partial charge in [0.1, 0.15) is 0 Å². The molecule has 0 fully saturated rings. The molecule has 0 saturated carbocycles. The predicted molar refractivity (Wildman–Crippen MR) is 108 cm³/mol. The summed E-state index contributed by atoms with van der Waals surface area (Å²) in [5.74, 6) is 0. The van der Waals surface area contributed by atoms with Crippen LogP contribution in [-0.2, 0) is 0 Å². The summed E-state index contributed by atoms with van der Waals surface area (Å²) in [6.07, 6.45) is 3.31. The average molecular weight is 325 g/mol. The number of anilines is 1. The lowest BCUT2D eigenvalue weighted by Gasteiger charge is -2.21. The molecule has 4 rings (SSSR count). The molecule has 0 amide bonds. The van der Waals surface area contributed by atoms with Gasteiger partial charge in [-0.3, -0.25) is 0 Å². The van der Waals surface area contributed by atoms with Gasteiger partial charge < -0.3 is 5.32 Å². The molecular weight excluding hydrogens is 302 g/mol. The summed E-state index contributed by atoms with van der Waals surface area (Å²) in [7, 11) is 0. The van der Waals surface area contributed by atoms with Gasteiger partial charge in [-0.25, -0.2) is 0 Å². The van der Waals surface area contributed by atoms with Crippen LogP contribution in [0.15, 0.2) is 72.8 Å². The highest BCUT2D eigenvalue weighted by Gasteiger charge is 2.19. The molecule has 1 aliphatic rings. The largest absolute Gasteiger partial charge is 0.377 e. The molecule has 1 N–H and O–H groups in total. The smallest absolute Gasteiger partial charge is 0.0554 e. The lowest BCUT2D eigenvalue weighted by Crippen LogP contribution is -2.10. The minimum atomic E-state index is 0.273. The third kappa shape index (κ3) is 3.36. The highest BCUT2D eigenvalue weighted by Crippen LogP contribution is 2.37. The van der Waals surface area contributed by atoms with Crippen molar-refractivity contribution in [3.05, 3.63) is 101 Å². The Labute approximate surface area is 150 Å². The van der Waals surface area contributed by atoms with E-state index in [0.717, 1.165) is 6.42 Å². The topological polar surface area (TPSA) is 12.0 Å². The van der Waals surface area contributed by atoms with Crippen molar-refractivity contribution >= 4 is 17.3 Å². The van der Waals surface area contributed by atoms with Gasteiger partial charge in [0.25, 0.3) is 0 Å². The summed E-state index contributed by atoms with van der Waals surface area (Å²) in [6.45, 7) is 4.32. The molecule has 1 atom stereocenters. The van der Waals surface area contributed by atoms with Gasteiger partial charge in [0.2, 0.25) is 0 Å². The molecular formula is C24H23N. The van der Waals surface area contributed by atoms with Crippen LogP contribution in [0.25, 0.3) is 11.6 Å². The Morgan fingerprint density at radius 3 is 2.36 bits per heavy atom. The first-order valence-electron chi connectivity index (χ1n) is 8.89. The molecule has 1 nitrogen and oxygen atoms in total. The molecule has 0 spiro atoms. The van der Waals surface area contributed by atoms with E-state index in [4.69, 9.17) is 0 Å². The lowest BCUT2D eigenvalue weighted by molar-refractivity contribution is 0.812. The van der Waals surface area contributed by atoms with Crippen molar-refractivity contribution in [3.8, 4) is 0 Å². The molecule has 25 heavy (non-hydrogen) atoms. The first-order valence-corrected chi connectivity index (χ1v) is 8.89. The monoisotopic (exact) mass is 325 g/mol. The van der Waals surface area contributed by atoms with Gasteiger partial charge in [0.05, 0.1) is 6.04 Å². The van der Waals surface area contributed by atoms with Crippen LogP contribution >= 0.6 is 0 Å². The van der Waals surface area contributed by atoms with Gasteiger partial charge in [0.15, 0.2) is 0 Å². The van der Waals surface area contributed by atoms with Crippen molar-refractivity contribution in [1.29, 1.82) is 0 Å². The Hall–Kier alpha value is -2.80. The van der Waals surface area contributed by atoms with Crippen molar-refractivity contribution in [1.82, 2.24) is 0 Å². The van der Waals surface area contributed by atoms with Gasteiger partial charge in [-0.15, -0.1) is 0 Å². The SMILES string of the molecule is Cc1cccc(C2=Cc3ccccc3NC(c3cccc(C)c3)C2)c1. The van der Waals surface area contributed by atoms with E-state index >= 15 is 0 Å². The molecule has 0 aromatic heterocycles. The Balaban J connectivity index is 1.81. The molecule has 1 unspecified atom stereocenters. The number of aryl methyl sites for hydroxylation is 2. The molecule has 0 bridgehead atoms. The Morgan fingerprint density at radius 2 is 1.56 bits per heavy atom. The summed E-state index contributed by atoms with van der Waals surface area (Å²) < 4.78 is 0. The van der Waals surface area contributed by atoms with Crippen LogP contribution in [0.2, 0.25) is 0 Å². The molecule has 1 aliphatic heterocycles. The molecule has 0 radical (unpaired) electrons. The van der Waals surface area contributed by atoms with Crippen LogP contribution in [-0.4, -0.2) is 0 Å². The fourth-order valence-corrected chi connectivity index (χ4v) is 3.59. The van der Waals surface area contributed by atoms with Crippen molar-refractivity contribution < 1.29 is 0 Å². The van der Waals surface area contributed by atoms with E-state index in [1.807, 2.05) is 0 Å². The van der Waals surface area contributed by atoms with E-state index in [1.165, 1.54) is 39.1 Å². The van der Waals surface area contributed by atoms with Crippen molar-refractivity contribution in [2.45, 2.75) is 26.3 Å². The number of rotatable bonds is 2. The van der Waals surface area contributed by atoms with Crippen LogP contribution in [0.3, 0.4) is 0 Å². The number of hydrogen-bond donors (Lipinski definition) is 1. The van der Waals surface area contributed by atoms with Gasteiger partial charge in [-0.1, -0.05) is 77.9 Å². The second-order valence-electron chi connectivity index (χ2n) is 6.94. The highest BCUT2D eigenvalue weighted by atomic mass is 14.9. The third-order valence-electron chi connectivity index (χ3n) is 4.88. The normalized spacial score (nSPS) is 16.4. The number of fused-ring (bicyclic) bond motifs is 1. The van der Waals surface area contributed by atoms with E-state index in [9.17, 15) is 0 Å². The zero-order valence-corrected chi connectivity index (χ0v) is 14.8. The maximum Gasteiger partial charge on any atom is 0.0554 e. The van der Waals surface area contributed by atoms with Crippen LogP contribution < -0.4 is 5.32 Å². The first-order chi connectivity index (χ1) is 12.2. The molecule has 3 aromatic rings. The fourth-order valence-electron chi connectivity index (χ4n) is 3.59. The van der Waals surface area contributed by atoms with E-state index in [-0.39, 0.29) is 6.04 Å². The first kappa shape index (κ1) is 15.7. The summed E-state index contributed by atoms with van der Waals surface area (Å²) in [5.41, 5.74) is 9.11. The van der Waals surface area contributed by atoms with E-state index in [1.54, 1.807) is 0 Å². The second-order valence-corrected chi connectivity index (χ2v) is 6.94. The van der Waals surface area contributed by atoms with Crippen LogP contribution in [0.4, 0.5) is 5.69 Å². The number of nitrogens with one attached hydrogen (secondary N) is 1. The van der Waals surface area contributed by atoms with E-state index in [2.05, 4.69) is 98.0 Å². The summed E-state index contributed by atoms with van der Waals surface area (Å²) in [4.78, 5) is 0. The average Bonchev–Trinajstić information content (AvgIpc) is 2.81. The van der Waals surface area contributed by atoms with Gasteiger partial charge in [0, 0.05) is 5.69 Å². The molecule has 3 aromatic carbocycles. The highest BCUT2D eigenvalue weighted by molar-refractivity contribution is 5.87. The maximum absolute atomic E-state index is 3.77.